The van der Waals surface area contributed by atoms with Gasteiger partial charge in [-0.3, -0.25) is 9.59 Å². The van der Waals surface area contributed by atoms with E-state index in [4.69, 9.17) is 11.6 Å². The second kappa shape index (κ2) is 10.5. The zero-order valence-corrected chi connectivity index (χ0v) is 18.8. The molecule has 1 unspecified atom stereocenters. The molecule has 0 saturated carbocycles. The van der Waals surface area contributed by atoms with Gasteiger partial charge in [0.25, 0.3) is 11.8 Å². The molecule has 34 heavy (non-hydrogen) atoms. The van der Waals surface area contributed by atoms with Crippen molar-refractivity contribution in [3.05, 3.63) is 57.0 Å². The van der Waals surface area contributed by atoms with Crippen LogP contribution < -0.4 is 16.0 Å². The van der Waals surface area contributed by atoms with Gasteiger partial charge < -0.3 is 20.7 Å². The number of aldehydes is 1. The molecule has 1 atom stereocenters. The lowest BCUT2D eigenvalue weighted by Crippen LogP contribution is -2.27. The van der Waals surface area contributed by atoms with Gasteiger partial charge in [-0.05, 0) is 13.0 Å². The number of anilines is 2. The fraction of sp³-hybridized carbons (Fsp3) is 0.211. The number of halogens is 4. The quantitative estimate of drug-likeness (QED) is 0.390. The molecule has 0 aliphatic carbocycles. The van der Waals surface area contributed by atoms with E-state index < -0.39 is 34.6 Å². The summed E-state index contributed by atoms with van der Waals surface area (Å²) in [7, 11) is 0. The average Bonchev–Trinajstić information content (AvgIpc) is 3.29. The van der Waals surface area contributed by atoms with Crippen LogP contribution >= 0.6 is 22.9 Å². The lowest BCUT2D eigenvalue weighted by atomic mass is 10.2. The van der Waals surface area contributed by atoms with Crippen molar-refractivity contribution in [2.45, 2.75) is 19.1 Å². The van der Waals surface area contributed by atoms with Crippen LogP contribution in [0.4, 0.5) is 24.8 Å². The summed E-state index contributed by atoms with van der Waals surface area (Å²) in [6.45, 7) is 1.64. The number of thiazole rings is 1. The molecule has 178 valence electrons. The van der Waals surface area contributed by atoms with Crippen LogP contribution in [-0.4, -0.2) is 44.6 Å². The Hall–Kier alpha value is -3.65. The second-order valence-corrected chi connectivity index (χ2v) is 8.06. The molecule has 0 spiro atoms. The van der Waals surface area contributed by atoms with E-state index in [-0.39, 0.29) is 28.8 Å². The SMILES string of the molecule is CC(NC(=O)c1cc(NCC=O)ncn1)c1ncc(C(=O)Nc2cc(C(F)(F)F)c(Cl)cn2)s1. The van der Waals surface area contributed by atoms with E-state index in [2.05, 4.69) is 35.9 Å². The number of hydrogen-bond donors (Lipinski definition) is 3. The molecule has 0 bridgehead atoms. The molecule has 2 amide bonds. The molecule has 0 saturated heterocycles. The Morgan fingerprint density at radius 1 is 1.12 bits per heavy atom. The molecule has 0 radical (unpaired) electrons. The summed E-state index contributed by atoms with van der Waals surface area (Å²) in [6, 6.07) is 1.37. The maximum Gasteiger partial charge on any atom is 0.418 e. The van der Waals surface area contributed by atoms with Crippen LogP contribution in [0.1, 0.15) is 43.7 Å². The molecule has 3 aromatic rings. The van der Waals surface area contributed by atoms with Gasteiger partial charge in [0, 0.05) is 12.3 Å². The van der Waals surface area contributed by atoms with Gasteiger partial charge in [0.2, 0.25) is 0 Å². The summed E-state index contributed by atoms with van der Waals surface area (Å²) < 4.78 is 39.0. The number of aromatic nitrogens is 4. The monoisotopic (exact) mass is 513 g/mol. The Bertz CT molecular complexity index is 1220. The van der Waals surface area contributed by atoms with Crippen molar-refractivity contribution in [2.24, 2.45) is 0 Å². The molecule has 15 heteroatoms. The summed E-state index contributed by atoms with van der Waals surface area (Å²) in [5, 5.41) is 7.40. The minimum Gasteiger partial charge on any atom is -0.363 e. The van der Waals surface area contributed by atoms with Gasteiger partial charge in [-0.1, -0.05) is 11.6 Å². The fourth-order valence-corrected chi connectivity index (χ4v) is 3.58. The number of nitrogens with zero attached hydrogens (tertiary/aromatic N) is 4. The van der Waals surface area contributed by atoms with Crippen molar-refractivity contribution in [3.8, 4) is 0 Å². The minimum atomic E-state index is -4.71. The van der Waals surface area contributed by atoms with Crippen molar-refractivity contribution in [1.29, 1.82) is 0 Å². The largest absolute Gasteiger partial charge is 0.418 e. The Kier molecular flexibility index (Phi) is 7.73. The highest BCUT2D eigenvalue weighted by molar-refractivity contribution is 7.13. The zero-order valence-electron chi connectivity index (χ0n) is 17.2. The normalized spacial score (nSPS) is 12.0. The van der Waals surface area contributed by atoms with Crippen molar-refractivity contribution in [3.63, 3.8) is 0 Å². The van der Waals surface area contributed by atoms with E-state index in [9.17, 15) is 27.6 Å². The molecule has 0 aromatic carbocycles. The molecule has 0 aliphatic rings. The van der Waals surface area contributed by atoms with Gasteiger partial charge in [0.05, 0.1) is 29.4 Å². The van der Waals surface area contributed by atoms with Gasteiger partial charge >= 0.3 is 6.18 Å². The number of nitrogens with one attached hydrogen (secondary N) is 3. The molecule has 3 N–H and O–H groups in total. The number of rotatable bonds is 8. The zero-order chi connectivity index (χ0) is 24.9. The summed E-state index contributed by atoms with van der Waals surface area (Å²) >= 11 is 6.46. The molecular formula is C19H15ClF3N7O3S. The molecule has 0 aliphatic heterocycles. The third kappa shape index (κ3) is 6.23. The van der Waals surface area contributed by atoms with Crippen molar-refractivity contribution < 1.29 is 27.6 Å². The van der Waals surface area contributed by atoms with E-state index >= 15 is 0 Å². The first-order chi connectivity index (χ1) is 16.1. The topological polar surface area (TPSA) is 139 Å². The summed E-state index contributed by atoms with van der Waals surface area (Å²) in [4.78, 5) is 51.0. The van der Waals surface area contributed by atoms with Crippen molar-refractivity contribution >= 4 is 52.7 Å². The van der Waals surface area contributed by atoms with E-state index in [1.165, 1.54) is 12.3 Å². The molecular weight excluding hydrogens is 499 g/mol. The van der Waals surface area contributed by atoms with E-state index in [0.717, 1.165) is 23.9 Å². The standard InChI is InChI=1S/C19H15ClF3N7O3S/c1-9(29-16(32)12-5-14(24-2-3-31)28-8-27-12)18-26-7-13(34-18)17(33)30-15-4-10(19(21,22)23)11(20)6-25-15/h3-9H,2H2,1H3,(H,29,32)(H,24,27,28)(H,25,30,33). The first kappa shape index (κ1) is 25.0. The smallest absolute Gasteiger partial charge is 0.363 e. The van der Waals surface area contributed by atoms with Gasteiger partial charge in [-0.2, -0.15) is 13.2 Å². The molecule has 0 fully saturated rings. The molecule has 3 rings (SSSR count). The number of alkyl halides is 3. The molecule has 3 heterocycles. The maximum atomic E-state index is 13.0. The summed E-state index contributed by atoms with van der Waals surface area (Å²) in [6.07, 6.45) is -0.890. The Morgan fingerprint density at radius 3 is 2.59 bits per heavy atom. The second-order valence-electron chi connectivity index (χ2n) is 6.60. The summed E-state index contributed by atoms with van der Waals surface area (Å²) in [5.41, 5.74) is -1.09. The first-order valence-corrected chi connectivity index (χ1v) is 10.6. The highest BCUT2D eigenvalue weighted by Gasteiger charge is 2.34. The number of pyridine rings is 1. The third-order valence-corrected chi connectivity index (χ3v) is 5.61. The first-order valence-electron chi connectivity index (χ1n) is 9.38. The van der Waals surface area contributed by atoms with E-state index in [1.807, 2.05) is 0 Å². The lowest BCUT2D eigenvalue weighted by molar-refractivity contribution is -0.137. The number of carbonyl (C=O) groups excluding carboxylic acids is 3. The van der Waals surface area contributed by atoms with Gasteiger partial charge in [0.1, 0.15) is 39.8 Å². The van der Waals surface area contributed by atoms with Crippen molar-refractivity contribution in [1.82, 2.24) is 25.3 Å². The lowest BCUT2D eigenvalue weighted by Gasteiger charge is -2.11. The number of amides is 2. The van der Waals surface area contributed by atoms with E-state index in [1.54, 1.807) is 6.92 Å². The Morgan fingerprint density at radius 2 is 1.88 bits per heavy atom. The fourth-order valence-electron chi connectivity index (χ4n) is 2.55. The predicted molar refractivity (Wildman–Crippen MR) is 117 cm³/mol. The number of hydrogen-bond acceptors (Lipinski definition) is 9. The van der Waals surface area contributed by atoms with Gasteiger partial charge in [0.15, 0.2) is 0 Å². The van der Waals surface area contributed by atoms with Crippen molar-refractivity contribution in [2.75, 3.05) is 17.2 Å². The third-order valence-electron chi connectivity index (χ3n) is 4.13. The maximum absolute atomic E-state index is 13.0. The highest BCUT2D eigenvalue weighted by Crippen LogP contribution is 2.35. The van der Waals surface area contributed by atoms with Crippen LogP contribution in [-0.2, 0) is 11.0 Å². The van der Waals surface area contributed by atoms with Crippen LogP contribution in [0.2, 0.25) is 5.02 Å². The Balaban J connectivity index is 1.66. The van der Waals surface area contributed by atoms with Gasteiger partial charge in [-0.15, -0.1) is 11.3 Å². The van der Waals surface area contributed by atoms with Crippen LogP contribution in [0.5, 0.6) is 0 Å². The number of carbonyl (C=O) groups is 3. The molecule has 3 aromatic heterocycles. The van der Waals surface area contributed by atoms with E-state index in [0.29, 0.717) is 17.4 Å². The minimum absolute atomic E-state index is 0.0154. The Labute approximate surface area is 199 Å². The highest BCUT2D eigenvalue weighted by atomic mass is 35.5. The van der Waals surface area contributed by atoms with Crippen LogP contribution in [0.25, 0.3) is 0 Å². The molecule has 10 nitrogen and oxygen atoms in total. The average molecular weight is 514 g/mol. The predicted octanol–water partition coefficient (Wildman–Crippen LogP) is 3.35. The van der Waals surface area contributed by atoms with Crippen LogP contribution in [0, 0.1) is 0 Å². The van der Waals surface area contributed by atoms with Crippen LogP contribution in [0.3, 0.4) is 0 Å². The summed E-state index contributed by atoms with van der Waals surface area (Å²) in [5.74, 6) is -1.32. The van der Waals surface area contributed by atoms with Gasteiger partial charge in [-0.25, -0.2) is 19.9 Å². The van der Waals surface area contributed by atoms with Crippen LogP contribution in [0.15, 0.2) is 30.9 Å².